The average molecular weight is 341 g/mol. The first-order valence-electron chi connectivity index (χ1n) is 8.70. The van der Waals surface area contributed by atoms with E-state index in [-0.39, 0.29) is 0 Å². The molecule has 0 heterocycles. The summed E-state index contributed by atoms with van der Waals surface area (Å²) in [6.45, 7) is 2.91. The molecule has 2 aromatic carbocycles. The van der Waals surface area contributed by atoms with Gasteiger partial charge in [-0.05, 0) is 43.6 Å². The van der Waals surface area contributed by atoms with Gasteiger partial charge in [-0.15, -0.1) is 0 Å². The van der Waals surface area contributed by atoms with E-state index < -0.39 is 11.4 Å². The predicted octanol–water partition coefficient (Wildman–Crippen LogP) is 3.89. The van der Waals surface area contributed by atoms with Gasteiger partial charge in [-0.2, -0.15) is 5.26 Å². The van der Waals surface area contributed by atoms with Crippen LogP contribution in [0.1, 0.15) is 36.5 Å². The molecular formula is C21H27NO3. The highest BCUT2D eigenvalue weighted by molar-refractivity contribution is 5.87. The molecule has 1 atom stereocenters. The third-order valence-electron chi connectivity index (χ3n) is 4.63. The minimum Gasteiger partial charge on any atom is -0.309 e. The van der Waals surface area contributed by atoms with Crippen molar-refractivity contribution in [3.8, 4) is 0 Å². The van der Waals surface area contributed by atoms with Crippen LogP contribution >= 0.6 is 0 Å². The molecule has 0 amide bonds. The third kappa shape index (κ3) is 4.09. The van der Waals surface area contributed by atoms with Gasteiger partial charge in [0.2, 0.25) is 0 Å². The second-order valence-corrected chi connectivity index (χ2v) is 6.61. The molecular weight excluding hydrogens is 314 g/mol. The smallest absolute Gasteiger partial charge is 0.309 e. The second-order valence-electron chi connectivity index (χ2n) is 6.61. The van der Waals surface area contributed by atoms with E-state index in [1.165, 1.54) is 0 Å². The molecule has 1 unspecified atom stereocenters. The Balaban J connectivity index is 2.66. The second kappa shape index (κ2) is 8.79. The summed E-state index contributed by atoms with van der Waals surface area (Å²) in [4.78, 5) is 19.3. The lowest BCUT2D eigenvalue weighted by Gasteiger charge is -2.33. The Morgan fingerprint density at radius 2 is 1.72 bits per heavy atom. The minimum atomic E-state index is -1.01. The van der Waals surface area contributed by atoms with E-state index in [2.05, 4.69) is 15.9 Å². The summed E-state index contributed by atoms with van der Waals surface area (Å²) < 4.78 is 0. The molecule has 0 radical (unpaired) electrons. The molecule has 4 heteroatoms. The zero-order chi connectivity index (χ0) is 18.3. The fourth-order valence-corrected chi connectivity index (χ4v) is 3.44. The highest BCUT2D eigenvalue weighted by atomic mass is 17.1. The Morgan fingerprint density at radius 1 is 1.08 bits per heavy atom. The van der Waals surface area contributed by atoms with Gasteiger partial charge in [-0.25, -0.2) is 4.79 Å². The van der Waals surface area contributed by atoms with E-state index >= 15 is 0 Å². The molecule has 0 bridgehead atoms. The van der Waals surface area contributed by atoms with E-state index in [1.807, 2.05) is 69.6 Å². The summed E-state index contributed by atoms with van der Waals surface area (Å²) in [6.07, 6.45) is 2.17. The lowest BCUT2D eigenvalue weighted by atomic mass is 9.69. The van der Waals surface area contributed by atoms with Crippen molar-refractivity contribution >= 4 is 5.97 Å². The van der Waals surface area contributed by atoms with Crippen molar-refractivity contribution in [2.24, 2.45) is 0 Å². The number of carbonyl (C=O) groups excluding carboxylic acids is 1. The summed E-state index contributed by atoms with van der Waals surface area (Å²) in [5.41, 5.74) is 1.84. The van der Waals surface area contributed by atoms with Crippen molar-refractivity contribution in [3.05, 3.63) is 71.3 Å². The fourth-order valence-electron chi connectivity index (χ4n) is 3.44. The van der Waals surface area contributed by atoms with Gasteiger partial charge in [-0.1, -0.05) is 67.9 Å². The highest BCUT2D eigenvalue weighted by Crippen LogP contribution is 2.40. The van der Waals surface area contributed by atoms with Crippen LogP contribution in [0.5, 0.6) is 0 Å². The normalized spacial score (nSPS) is 13.5. The maximum Gasteiger partial charge on any atom is 0.356 e. The summed E-state index contributed by atoms with van der Waals surface area (Å²) in [5.74, 6) is -0.627. The number of hydrogen-bond donors (Lipinski definition) is 1. The summed E-state index contributed by atoms with van der Waals surface area (Å²) in [7, 11) is 4.06. The largest absolute Gasteiger partial charge is 0.356 e. The van der Waals surface area contributed by atoms with Gasteiger partial charge in [0.15, 0.2) is 0 Å². The maximum atomic E-state index is 12.8. The standard InChI is InChI=1S/C21H27NO3/c1-4-15-21(20(23)25-24,18-11-6-5-7-12-18)19-13-9-8-10-17(19)14-16-22(2)3/h5-13,24H,4,14-16H2,1-3H3. The maximum absolute atomic E-state index is 12.8. The van der Waals surface area contributed by atoms with Crippen LogP contribution in [0.3, 0.4) is 0 Å². The van der Waals surface area contributed by atoms with Crippen molar-refractivity contribution in [2.75, 3.05) is 20.6 Å². The first-order chi connectivity index (χ1) is 12.1. The Labute approximate surface area is 150 Å². The van der Waals surface area contributed by atoms with Crippen LogP contribution in [-0.4, -0.2) is 36.8 Å². The molecule has 2 aromatic rings. The zero-order valence-corrected chi connectivity index (χ0v) is 15.2. The van der Waals surface area contributed by atoms with Crippen molar-refractivity contribution in [2.45, 2.75) is 31.6 Å². The van der Waals surface area contributed by atoms with Gasteiger partial charge in [0, 0.05) is 6.54 Å². The third-order valence-corrected chi connectivity index (χ3v) is 4.63. The lowest BCUT2D eigenvalue weighted by Crippen LogP contribution is -2.39. The van der Waals surface area contributed by atoms with E-state index in [0.717, 1.165) is 36.1 Å². The first kappa shape index (κ1) is 19.2. The molecule has 25 heavy (non-hydrogen) atoms. The Morgan fingerprint density at radius 3 is 2.32 bits per heavy atom. The van der Waals surface area contributed by atoms with Crippen molar-refractivity contribution in [1.29, 1.82) is 0 Å². The van der Waals surface area contributed by atoms with Crippen LogP contribution in [0.25, 0.3) is 0 Å². The SMILES string of the molecule is CCCC(C(=O)OO)(c1ccccc1)c1ccccc1CCN(C)C. The summed E-state index contributed by atoms with van der Waals surface area (Å²) in [5, 5.41) is 9.27. The molecule has 0 saturated carbocycles. The number of benzene rings is 2. The van der Waals surface area contributed by atoms with Gasteiger partial charge >= 0.3 is 5.97 Å². The molecule has 0 spiro atoms. The van der Waals surface area contributed by atoms with Crippen molar-refractivity contribution in [3.63, 3.8) is 0 Å². The number of likely N-dealkylation sites (N-methyl/N-ethyl adjacent to an activating group) is 1. The molecule has 134 valence electrons. The Kier molecular flexibility index (Phi) is 6.73. The molecule has 0 aromatic heterocycles. The monoisotopic (exact) mass is 341 g/mol. The Hall–Kier alpha value is -2.17. The fraction of sp³-hybridized carbons (Fsp3) is 0.381. The molecule has 0 aliphatic rings. The molecule has 4 nitrogen and oxygen atoms in total. The number of carbonyl (C=O) groups is 1. The van der Waals surface area contributed by atoms with Crippen molar-refractivity contribution in [1.82, 2.24) is 4.90 Å². The number of hydrogen-bond acceptors (Lipinski definition) is 4. The van der Waals surface area contributed by atoms with Gasteiger partial charge in [0.05, 0.1) is 0 Å². The minimum absolute atomic E-state index is 0.565. The molecule has 0 fully saturated rings. The van der Waals surface area contributed by atoms with Gasteiger partial charge in [-0.3, -0.25) is 4.89 Å². The number of nitrogens with zero attached hydrogens (tertiary/aromatic N) is 1. The predicted molar refractivity (Wildman–Crippen MR) is 99.6 cm³/mol. The van der Waals surface area contributed by atoms with Gasteiger partial charge in [0.1, 0.15) is 5.41 Å². The van der Waals surface area contributed by atoms with Crippen LogP contribution < -0.4 is 0 Å². The molecule has 0 aliphatic heterocycles. The number of rotatable bonds is 8. The average Bonchev–Trinajstić information content (AvgIpc) is 2.65. The van der Waals surface area contributed by atoms with Crippen LogP contribution in [-0.2, 0) is 21.5 Å². The van der Waals surface area contributed by atoms with Gasteiger partial charge in [0.25, 0.3) is 0 Å². The topological polar surface area (TPSA) is 49.8 Å². The zero-order valence-electron chi connectivity index (χ0n) is 15.2. The molecule has 1 N–H and O–H groups in total. The summed E-state index contributed by atoms with van der Waals surface area (Å²) >= 11 is 0. The van der Waals surface area contributed by atoms with E-state index in [0.29, 0.717) is 6.42 Å². The van der Waals surface area contributed by atoms with Crippen LogP contribution in [0.4, 0.5) is 0 Å². The summed E-state index contributed by atoms with van der Waals surface area (Å²) in [6, 6.07) is 17.5. The van der Waals surface area contributed by atoms with Crippen LogP contribution in [0, 0.1) is 0 Å². The van der Waals surface area contributed by atoms with Crippen molar-refractivity contribution < 1.29 is 14.9 Å². The highest BCUT2D eigenvalue weighted by Gasteiger charge is 2.44. The first-order valence-corrected chi connectivity index (χ1v) is 8.70. The molecule has 0 aliphatic carbocycles. The van der Waals surface area contributed by atoms with Gasteiger partial charge < -0.3 is 4.90 Å². The molecule has 2 rings (SSSR count). The molecule has 0 saturated heterocycles. The lowest BCUT2D eigenvalue weighted by molar-refractivity contribution is -0.239. The quantitative estimate of drug-likeness (QED) is 0.584. The van der Waals surface area contributed by atoms with E-state index in [9.17, 15) is 10.1 Å². The Bertz CT molecular complexity index is 685. The van der Waals surface area contributed by atoms with Crippen LogP contribution in [0.15, 0.2) is 54.6 Å². The van der Waals surface area contributed by atoms with E-state index in [1.54, 1.807) is 0 Å². The van der Waals surface area contributed by atoms with Crippen LogP contribution in [0.2, 0.25) is 0 Å². The van der Waals surface area contributed by atoms with E-state index in [4.69, 9.17) is 0 Å².